The highest BCUT2D eigenvalue weighted by Gasteiger charge is 2.29. The first kappa shape index (κ1) is 17.6. The van der Waals surface area contributed by atoms with E-state index < -0.39 is 5.97 Å². The largest absolute Gasteiger partial charge is 0.465 e. The van der Waals surface area contributed by atoms with E-state index in [2.05, 4.69) is 15.0 Å². The van der Waals surface area contributed by atoms with Crippen LogP contribution in [0.1, 0.15) is 35.7 Å². The SMILES string of the molecule is COC(=O)c1ccc2cc(-c3nn(C4CCC(O)C4)c4ncnc(N)c34)[nH]c2c1. The minimum Gasteiger partial charge on any atom is -0.465 e. The first-order chi connectivity index (χ1) is 14.0. The summed E-state index contributed by atoms with van der Waals surface area (Å²) in [6.07, 6.45) is 3.31. The highest BCUT2D eigenvalue weighted by atomic mass is 16.5. The summed E-state index contributed by atoms with van der Waals surface area (Å²) in [7, 11) is 1.36. The molecule has 1 aliphatic rings. The number of nitrogen functional groups attached to an aromatic ring is 1. The number of nitrogens with one attached hydrogen (secondary N) is 1. The first-order valence-corrected chi connectivity index (χ1v) is 9.43. The molecule has 1 fully saturated rings. The molecule has 1 saturated carbocycles. The third kappa shape index (κ3) is 2.82. The van der Waals surface area contributed by atoms with Gasteiger partial charge in [0, 0.05) is 10.9 Å². The molecule has 1 aliphatic carbocycles. The molecule has 2 atom stereocenters. The van der Waals surface area contributed by atoms with Crippen LogP contribution in [0.5, 0.6) is 0 Å². The Balaban J connectivity index is 1.67. The molecular weight excluding hydrogens is 372 g/mol. The van der Waals surface area contributed by atoms with Crippen molar-refractivity contribution in [3.05, 3.63) is 36.2 Å². The lowest BCUT2D eigenvalue weighted by atomic mass is 10.1. The number of hydrogen-bond donors (Lipinski definition) is 3. The van der Waals surface area contributed by atoms with E-state index in [1.807, 2.05) is 16.8 Å². The minimum absolute atomic E-state index is 0.0610. The molecule has 3 aromatic heterocycles. The van der Waals surface area contributed by atoms with Crippen molar-refractivity contribution in [3.63, 3.8) is 0 Å². The van der Waals surface area contributed by atoms with Crippen molar-refractivity contribution in [1.82, 2.24) is 24.7 Å². The Morgan fingerprint density at radius 3 is 2.93 bits per heavy atom. The van der Waals surface area contributed by atoms with Crippen LogP contribution < -0.4 is 5.73 Å². The number of fused-ring (bicyclic) bond motifs is 2. The van der Waals surface area contributed by atoms with E-state index in [9.17, 15) is 9.90 Å². The van der Waals surface area contributed by atoms with Gasteiger partial charge in [-0.05, 0) is 37.5 Å². The van der Waals surface area contributed by atoms with Crippen LogP contribution in [0.4, 0.5) is 5.82 Å². The van der Waals surface area contributed by atoms with Gasteiger partial charge in [-0.3, -0.25) is 0 Å². The number of aliphatic hydroxyl groups excluding tert-OH is 1. The van der Waals surface area contributed by atoms with Crippen molar-refractivity contribution in [3.8, 4) is 11.4 Å². The fourth-order valence-electron chi connectivity index (χ4n) is 4.09. The maximum absolute atomic E-state index is 11.8. The van der Waals surface area contributed by atoms with Crippen molar-refractivity contribution in [2.24, 2.45) is 0 Å². The van der Waals surface area contributed by atoms with Crippen LogP contribution in [0, 0.1) is 0 Å². The molecule has 5 rings (SSSR count). The molecule has 1 aromatic carbocycles. The van der Waals surface area contributed by atoms with Crippen LogP contribution in [-0.2, 0) is 4.74 Å². The summed E-state index contributed by atoms with van der Waals surface area (Å²) in [5.41, 5.74) is 9.49. The second-order valence-electron chi connectivity index (χ2n) is 7.35. The van der Waals surface area contributed by atoms with Crippen LogP contribution in [0.25, 0.3) is 33.3 Å². The number of benzene rings is 1. The second kappa shape index (κ2) is 6.56. The molecule has 148 valence electrons. The zero-order chi connectivity index (χ0) is 20.1. The summed E-state index contributed by atoms with van der Waals surface area (Å²) in [6, 6.07) is 7.34. The van der Waals surface area contributed by atoms with Crippen LogP contribution in [0.15, 0.2) is 30.6 Å². The number of rotatable bonds is 3. The number of nitrogens with zero attached hydrogens (tertiary/aromatic N) is 4. The molecule has 0 bridgehead atoms. The van der Waals surface area contributed by atoms with Crippen molar-refractivity contribution >= 4 is 33.7 Å². The van der Waals surface area contributed by atoms with Crippen molar-refractivity contribution in [2.45, 2.75) is 31.4 Å². The fourth-order valence-corrected chi connectivity index (χ4v) is 4.09. The molecule has 4 N–H and O–H groups in total. The minimum atomic E-state index is -0.393. The lowest BCUT2D eigenvalue weighted by Crippen LogP contribution is -2.09. The number of aliphatic hydroxyl groups is 1. The first-order valence-electron chi connectivity index (χ1n) is 9.43. The summed E-state index contributed by atoms with van der Waals surface area (Å²) in [4.78, 5) is 23.7. The van der Waals surface area contributed by atoms with Gasteiger partial charge < -0.3 is 20.6 Å². The molecule has 29 heavy (non-hydrogen) atoms. The molecule has 0 spiro atoms. The Labute approximate surface area is 165 Å². The average molecular weight is 392 g/mol. The van der Waals surface area contributed by atoms with Crippen LogP contribution in [0.3, 0.4) is 0 Å². The van der Waals surface area contributed by atoms with E-state index in [0.29, 0.717) is 34.5 Å². The lowest BCUT2D eigenvalue weighted by molar-refractivity contribution is 0.0601. The number of hydrogen-bond acceptors (Lipinski definition) is 7. The Kier molecular flexibility index (Phi) is 3.99. The Hall–Kier alpha value is -3.46. The van der Waals surface area contributed by atoms with E-state index in [1.165, 1.54) is 13.4 Å². The number of esters is 1. The van der Waals surface area contributed by atoms with Gasteiger partial charge >= 0.3 is 5.97 Å². The van der Waals surface area contributed by atoms with Gasteiger partial charge in [0.2, 0.25) is 0 Å². The predicted molar refractivity (Wildman–Crippen MR) is 107 cm³/mol. The number of H-pyrrole nitrogens is 1. The highest BCUT2D eigenvalue weighted by Crippen LogP contribution is 2.37. The van der Waals surface area contributed by atoms with Crippen molar-refractivity contribution in [2.75, 3.05) is 12.8 Å². The lowest BCUT2D eigenvalue weighted by Gasteiger charge is -2.10. The van der Waals surface area contributed by atoms with Crippen molar-refractivity contribution in [1.29, 1.82) is 0 Å². The summed E-state index contributed by atoms with van der Waals surface area (Å²) in [5.74, 6) is -0.0427. The Morgan fingerprint density at radius 1 is 1.31 bits per heavy atom. The summed E-state index contributed by atoms with van der Waals surface area (Å²) in [6.45, 7) is 0. The second-order valence-corrected chi connectivity index (χ2v) is 7.35. The highest BCUT2D eigenvalue weighted by molar-refractivity contribution is 6.01. The summed E-state index contributed by atoms with van der Waals surface area (Å²) < 4.78 is 6.65. The van der Waals surface area contributed by atoms with Crippen LogP contribution >= 0.6 is 0 Å². The third-order valence-corrected chi connectivity index (χ3v) is 5.54. The van der Waals surface area contributed by atoms with Gasteiger partial charge in [-0.2, -0.15) is 5.10 Å². The Morgan fingerprint density at radius 2 is 2.17 bits per heavy atom. The quantitative estimate of drug-likeness (QED) is 0.456. The third-order valence-electron chi connectivity index (χ3n) is 5.54. The zero-order valence-corrected chi connectivity index (χ0v) is 15.8. The number of carbonyl (C=O) groups excluding carboxylic acids is 1. The average Bonchev–Trinajstić information content (AvgIpc) is 3.43. The maximum atomic E-state index is 11.8. The standard InChI is InChI=1S/C20H20N6O3/c1-29-20(28)11-3-2-10-6-15(24-14(10)7-11)17-16-18(21)22-9-23-19(16)26(25-17)12-4-5-13(27)8-12/h2-3,6-7,9,12-13,24,27H,4-5,8H2,1H3,(H2,21,22,23). The van der Waals surface area contributed by atoms with Gasteiger partial charge in [-0.25, -0.2) is 19.4 Å². The van der Waals surface area contributed by atoms with Gasteiger partial charge in [-0.1, -0.05) is 6.07 Å². The monoisotopic (exact) mass is 392 g/mol. The van der Waals surface area contributed by atoms with E-state index >= 15 is 0 Å². The van der Waals surface area contributed by atoms with Crippen LogP contribution in [-0.4, -0.2) is 49.0 Å². The molecule has 9 nitrogen and oxygen atoms in total. The maximum Gasteiger partial charge on any atom is 0.337 e. The molecule has 0 aliphatic heterocycles. The number of aromatic nitrogens is 5. The number of nitrogens with two attached hydrogens (primary N) is 1. The number of carbonyl (C=O) groups is 1. The molecule has 9 heteroatoms. The number of ether oxygens (including phenoxy) is 1. The van der Waals surface area contributed by atoms with Gasteiger partial charge in [-0.15, -0.1) is 0 Å². The summed E-state index contributed by atoms with van der Waals surface area (Å²) in [5, 5.41) is 16.4. The van der Waals surface area contributed by atoms with E-state index in [-0.39, 0.29) is 12.1 Å². The molecule has 4 aromatic rings. The van der Waals surface area contributed by atoms with Gasteiger partial charge in [0.05, 0.1) is 35.9 Å². The number of aromatic amines is 1. The smallest absolute Gasteiger partial charge is 0.337 e. The number of anilines is 1. The van der Waals surface area contributed by atoms with E-state index in [1.54, 1.807) is 12.1 Å². The molecule has 3 heterocycles. The molecule has 2 unspecified atom stereocenters. The molecule has 0 radical (unpaired) electrons. The van der Waals surface area contributed by atoms with Gasteiger partial charge in [0.25, 0.3) is 0 Å². The van der Waals surface area contributed by atoms with Crippen LogP contribution in [0.2, 0.25) is 0 Å². The topological polar surface area (TPSA) is 132 Å². The van der Waals surface area contributed by atoms with Gasteiger partial charge in [0.1, 0.15) is 17.8 Å². The predicted octanol–water partition coefficient (Wildman–Crippen LogP) is 2.43. The summed E-state index contributed by atoms with van der Waals surface area (Å²) >= 11 is 0. The molecular formula is C20H20N6O3. The zero-order valence-electron chi connectivity index (χ0n) is 15.8. The number of methoxy groups -OCH3 is 1. The normalized spacial score (nSPS) is 19.2. The van der Waals surface area contributed by atoms with E-state index in [4.69, 9.17) is 15.6 Å². The van der Waals surface area contributed by atoms with Gasteiger partial charge in [0.15, 0.2) is 5.65 Å². The fraction of sp³-hybridized carbons (Fsp3) is 0.300. The Bertz CT molecular complexity index is 1240. The molecule has 0 amide bonds. The molecule has 0 saturated heterocycles. The van der Waals surface area contributed by atoms with Crippen molar-refractivity contribution < 1.29 is 14.6 Å². The van der Waals surface area contributed by atoms with E-state index in [0.717, 1.165) is 29.4 Å².